The van der Waals surface area contributed by atoms with Crippen LogP contribution in [0.25, 0.3) is 11.0 Å². The SMILES string of the molecule is CC(C)n1c(C2CCC(N)CC2)nc2ccc(F)cc21. The van der Waals surface area contributed by atoms with Gasteiger partial charge in [-0.05, 0) is 57.7 Å². The van der Waals surface area contributed by atoms with Crippen LogP contribution in [0.15, 0.2) is 18.2 Å². The zero-order valence-electron chi connectivity index (χ0n) is 12.1. The molecule has 0 radical (unpaired) electrons. The van der Waals surface area contributed by atoms with Gasteiger partial charge in [-0.2, -0.15) is 0 Å². The fraction of sp³-hybridized carbons (Fsp3) is 0.562. The minimum Gasteiger partial charge on any atom is -0.328 e. The van der Waals surface area contributed by atoms with Gasteiger partial charge in [0.1, 0.15) is 11.6 Å². The van der Waals surface area contributed by atoms with Crippen LogP contribution < -0.4 is 5.73 Å². The van der Waals surface area contributed by atoms with Gasteiger partial charge in [0.15, 0.2) is 0 Å². The molecular formula is C16H22FN3. The molecule has 108 valence electrons. The van der Waals surface area contributed by atoms with Crippen LogP contribution in [0.5, 0.6) is 0 Å². The fourth-order valence-corrected chi connectivity index (χ4v) is 3.29. The van der Waals surface area contributed by atoms with Gasteiger partial charge in [0.05, 0.1) is 11.0 Å². The Morgan fingerprint density at radius 1 is 1.25 bits per heavy atom. The van der Waals surface area contributed by atoms with E-state index in [4.69, 9.17) is 10.7 Å². The largest absolute Gasteiger partial charge is 0.328 e. The van der Waals surface area contributed by atoms with E-state index in [1.165, 1.54) is 6.07 Å². The first kappa shape index (κ1) is 13.6. The van der Waals surface area contributed by atoms with Gasteiger partial charge < -0.3 is 10.3 Å². The Bertz CT molecular complexity index is 609. The first-order valence-corrected chi connectivity index (χ1v) is 7.49. The summed E-state index contributed by atoms with van der Waals surface area (Å²) in [5.74, 6) is 1.36. The van der Waals surface area contributed by atoms with E-state index in [1.807, 2.05) is 0 Å². The number of rotatable bonds is 2. The molecule has 1 aromatic heterocycles. The molecule has 1 heterocycles. The second-order valence-electron chi connectivity index (χ2n) is 6.18. The lowest BCUT2D eigenvalue weighted by Gasteiger charge is -2.27. The zero-order chi connectivity index (χ0) is 14.3. The molecule has 2 N–H and O–H groups in total. The molecule has 0 amide bonds. The second kappa shape index (κ2) is 5.17. The van der Waals surface area contributed by atoms with Crippen LogP contribution in [0.1, 0.15) is 57.3 Å². The standard InChI is InChI=1S/C16H22FN3/c1-10(2)20-15-9-12(17)5-8-14(15)19-16(20)11-3-6-13(18)7-4-11/h5,8-11,13H,3-4,6-7,18H2,1-2H3. The van der Waals surface area contributed by atoms with Crippen molar-refractivity contribution in [3.8, 4) is 0 Å². The number of imidazole rings is 1. The van der Waals surface area contributed by atoms with E-state index in [1.54, 1.807) is 12.1 Å². The molecule has 20 heavy (non-hydrogen) atoms. The van der Waals surface area contributed by atoms with Crippen LogP contribution in [0.4, 0.5) is 4.39 Å². The first-order valence-electron chi connectivity index (χ1n) is 7.49. The molecule has 1 aromatic carbocycles. The molecule has 0 saturated heterocycles. The number of benzene rings is 1. The Morgan fingerprint density at radius 3 is 2.60 bits per heavy atom. The van der Waals surface area contributed by atoms with Crippen molar-refractivity contribution in [1.29, 1.82) is 0 Å². The lowest BCUT2D eigenvalue weighted by atomic mass is 9.86. The zero-order valence-corrected chi connectivity index (χ0v) is 12.1. The number of nitrogens with two attached hydrogens (primary N) is 1. The number of aromatic nitrogens is 2. The quantitative estimate of drug-likeness (QED) is 0.907. The van der Waals surface area contributed by atoms with Crippen LogP contribution in [0.3, 0.4) is 0 Å². The molecule has 0 spiro atoms. The number of nitrogens with zero attached hydrogens (tertiary/aromatic N) is 2. The summed E-state index contributed by atoms with van der Waals surface area (Å²) in [6.45, 7) is 4.26. The van der Waals surface area contributed by atoms with Crippen molar-refractivity contribution in [3.63, 3.8) is 0 Å². The number of halogens is 1. The van der Waals surface area contributed by atoms with Gasteiger partial charge in [-0.25, -0.2) is 9.37 Å². The predicted molar refractivity (Wildman–Crippen MR) is 79.3 cm³/mol. The van der Waals surface area contributed by atoms with E-state index in [0.717, 1.165) is 42.5 Å². The van der Waals surface area contributed by atoms with Gasteiger partial charge in [0.25, 0.3) is 0 Å². The summed E-state index contributed by atoms with van der Waals surface area (Å²) in [4.78, 5) is 4.78. The van der Waals surface area contributed by atoms with E-state index in [2.05, 4.69) is 18.4 Å². The summed E-state index contributed by atoms with van der Waals surface area (Å²) in [5, 5.41) is 0. The van der Waals surface area contributed by atoms with Crippen molar-refractivity contribution in [2.45, 2.75) is 57.5 Å². The molecule has 1 aliphatic carbocycles. The highest BCUT2D eigenvalue weighted by atomic mass is 19.1. The number of hydrogen-bond donors (Lipinski definition) is 1. The Kier molecular flexibility index (Phi) is 3.50. The molecular weight excluding hydrogens is 253 g/mol. The van der Waals surface area contributed by atoms with Crippen LogP contribution in [0, 0.1) is 5.82 Å². The van der Waals surface area contributed by atoms with Crippen molar-refractivity contribution < 1.29 is 4.39 Å². The van der Waals surface area contributed by atoms with Gasteiger partial charge >= 0.3 is 0 Å². The average molecular weight is 275 g/mol. The molecule has 2 aromatic rings. The summed E-state index contributed by atoms with van der Waals surface area (Å²) in [7, 11) is 0. The summed E-state index contributed by atoms with van der Waals surface area (Å²) in [6, 6.07) is 5.48. The molecule has 0 aliphatic heterocycles. The molecule has 4 heteroatoms. The average Bonchev–Trinajstić information content (AvgIpc) is 2.78. The molecule has 1 saturated carbocycles. The third-order valence-electron chi connectivity index (χ3n) is 4.33. The van der Waals surface area contributed by atoms with Gasteiger partial charge in [0.2, 0.25) is 0 Å². The Morgan fingerprint density at radius 2 is 1.95 bits per heavy atom. The molecule has 3 rings (SSSR count). The number of hydrogen-bond acceptors (Lipinski definition) is 2. The summed E-state index contributed by atoms with van der Waals surface area (Å²) < 4.78 is 15.7. The molecule has 3 nitrogen and oxygen atoms in total. The smallest absolute Gasteiger partial charge is 0.125 e. The molecule has 1 aliphatic rings. The molecule has 0 unspecified atom stereocenters. The minimum absolute atomic E-state index is 0.198. The molecule has 0 bridgehead atoms. The van der Waals surface area contributed by atoms with Gasteiger partial charge in [-0.1, -0.05) is 0 Å². The monoisotopic (exact) mass is 275 g/mol. The highest BCUT2D eigenvalue weighted by Gasteiger charge is 2.26. The van der Waals surface area contributed by atoms with Gasteiger partial charge in [-0.15, -0.1) is 0 Å². The lowest BCUT2D eigenvalue weighted by Crippen LogP contribution is -2.27. The van der Waals surface area contributed by atoms with Crippen molar-refractivity contribution in [2.24, 2.45) is 5.73 Å². The molecule has 1 fully saturated rings. The minimum atomic E-state index is -0.198. The van der Waals surface area contributed by atoms with Crippen molar-refractivity contribution in [2.75, 3.05) is 0 Å². The van der Waals surface area contributed by atoms with Crippen LogP contribution in [0.2, 0.25) is 0 Å². The van der Waals surface area contributed by atoms with Gasteiger partial charge in [0, 0.05) is 18.0 Å². The highest BCUT2D eigenvalue weighted by molar-refractivity contribution is 5.76. The third kappa shape index (κ3) is 2.33. The van der Waals surface area contributed by atoms with Crippen molar-refractivity contribution in [3.05, 3.63) is 29.8 Å². The summed E-state index contributed by atoms with van der Waals surface area (Å²) in [6.07, 6.45) is 4.28. The fourth-order valence-electron chi connectivity index (χ4n) is 3.29. The summed E-state index contributed by atoms with van der Waals surface area (Å²) in [5.41, 5.74) is 7.79. The Labute approximate surface area is 119 Å². The number of fused-ring (bicyclic) bond motifs is 1. The normalized spacial score (nSPS) is 23.6. The van der Waals surface area contributed by atoms with Crippen LogP contribution in [-0.4, -0.2) is 15.6 Å². The topological polar surface area (TPSA) is 43.8 Å². The highest BCUT2D eigenvalue weighted by Crippen LogP contribution is 2.35. The second-order valence-corrected chi connectivity index (χ2v) is 6.18. The van der Waals surface area contributed by atoms with Crippen LogP contribution >= 0.6 is 0 Å². The lowest BCUT2D eigenvalue weighted by molar-refractivity contribution is 0.372. The first-order chi connectivity index (χ1) is 9.56. The predicted octanol–water partition coefficient (Wildman–Crippen LogP) is 3.74. The maximum Gasteiger partial charge on any atom is 0.125 e. The van der Waals surface area contributed by atoms with Gasteiger partial charge in [-0.3, -0.25) is 0 Å². The molecule has 0 atom stereocenters. The maximum atomic E-state index is 13.5. The van der Waals surface area contributed by atoms with E-state index >= 15 is 0 Å². The maximum absolute atomic E-state index is 13.5. The third-order valence-corrected chi connectivity index (χ3v) is 4.33. The van der Waals surface area contributed by atoms with Crippen LogP contribution in [-0.2, 0) is 0 Å². The van der Waals surface area contributed by atoms with E-state index in [0.29, 0.717) is 12.0 Å². The van der Waals surface area contributed by atoms with E-state index < -0.39 is 0 Å². The van der Waals surface area contributed by atoms with E-state index in [-0.39, 0.29) is 11.9 Å². The Balaban J connectivity index is 2.07. The summed E-state index contributed by atoms with van der Waals surface area (Å²) >= 11 is 0. The van der Waals surface area contributed by atoms with E-state index in [9.17, 15) is 4.39 Å². The Hall–Kier alpha value is -1.42. The van der Waals surface area contributed by atoms with Crippen molar-refractivity contribution >= 4 is 11.0 Å². The van der Waals surface area contributed by atoms with Crippen molar-refractivity contribution in [1.82, 2.24) is 9.55 Å².